The fourth-order valence-corrected chi connectivity index (χ4v) is 1.33. The summed E-state index contributed by atoms with van der Waals surface area (Å²) in [5, 5.41) is 22.1. The second kappa shape index (κ2) is 5.89. The van der Waals surface area contributed by atoms with E-state index in [1.165, 1.54) is 25.1 Å². The summed E-state index contributed by atoms with van der Waals surface area (Å²) in [6.07, 6.45) is 0. The maximum absolute atomic E-state index is 11.4. The number of carboxylic acids is 1. The molecule has 0 aromatic heterocycles. The Kier molecular flexibility index (Phi) is 4.52. The van der Waals surface area contributed by atoms with Crippen LogP contribution in [0.2, 0.25) is 5.02 Å². The summed E-state index contributed by atoms with van der Waals surface area (Å²) in [4.78, 5) is 22.0. The van der Waals surface area contributed by atoms with E-state index in [2.05, 4.69) is 10.6 Å². The van der Waals surface area contributed by atoms with Crippen LogP contribution in [-0.2, 0) is 4.79 Å². The maximum atomic E-state index is 11.4. The third kappa shape index (κ3) is 3.64. The Morgan fingerprint density at radius 1 is 1.50 bits per heavy atom. The molecule has 1 aromatic rings. The molecule has 0 spiro atoms. The maximum Gasteiger partial charge on any atom is 0.325 e. The Balaban J connectivity index is 2.71. The second-order valence-corrected chi connectivity index (χ2v) is 3.87. The Morgan fingerprint density at radius 3 is 2.67 bits per heavy atom. The Labute approximate surface area is 108 Å². The topological polar surface area (TPSA) is 102 Å². The van der Waals surface area contributed by atoms with Crippen LogP contribution in [0.4, 0.5) is 10.5 Å². The number of carbonyl (C=O) groups is 2. The van der Waals surface area contributed by atoms with Crippen molar-refractivity contribution >= 4 is 29.3 Å². The van der Waals surface area contributed by atoms with Crippen LogP contribution in [0, 0.1) is 11.3 Å². The van der Waals surface area contributed by atoms with Gasteiger partial charge in [-0.1, -0.05) is 11.6 Å². The van der Waals surface area contributed by atoms with Gasteiger partial charge in [0.05, 0.1) is 22.3 Å². The first-order chi connectivity index (χ1) is 8.43. The minimum absolute atomic E-state index is 0.201. The van der Waals surface area contributed by atoms with Gasteiger partial charge in [0.25, 0.3) is 0 Å². The number of anilines is 1. The standard InChI is InChI=1S/C11H10ClN3O3/c1-6(10(16)17)14-11(18)15-9-3-2-7(5-13)4-8(9)12/h2-4,6H,1H3,(H,16,17)(H2,14,15,18)/t6-/m1/s1. The van der Waals surface area contributed by atoms with Crippen LogP contribution < -0.4 is 10.6 Å². The van der Waals surface area contributed by atoms with Crippen LogP contribution in [0.5, 0.6) is 0 Å². The van der Waals surface area contributed by atoms with E-state index in [-0.39, 0.29) is 5.02 Å². The monoisotopic (exact) mass is 267 g/mol. The van der Waals surface area contributed by atoms with Gasteiger partial charge in [0, 0.05) is 0 Å². The number of halogens is 1. The Morgan fingerprint density at radius 2 is 2.17 bits per heavy atom. The molecule has 2 amide bonds. The summed E-state index contributed by atoms with van der Waals surface area (Å²) in [5.74, 6) is -1.14. The molecule has 1 atom stereocenters. The number of hydrogen-bond acceptors (Lipinski definition) is 3. The molecule has 0 aliphatic rings. The van der Waals surface area contributed by atoms with Gasteiger partial charge < -0.3 is 15.7 Å². The van der Waals surface area contributed by atoms with Gasteiger partial charge in [-0.05, 0) is 25.1 Å². The molecule has 0 fully saturated rings. The van der Waals surface area contributed by atoms with Gasteiger partial charge in [-0.2, -0.15) is 5.26 Å². The van der Waals surface area contributed by atoms with Crippen molar-refractivity contribution in [1.82, 2.24) is 5.32 Å². The highest BCUT2D eigenvalue weighted by Gasteiger charge is 2.14. The third-order valence-electron chi connectivity index (χ3n) is 2.06. The van der Waals surface area contributed by atoms with E-state index < -0.39 is 18.0 Å². The number of carboxylic acid groups (broad SMARTS) is 1. The minimum Gasteiger partial charge on any atom is -0.480 e. The van der Waals surface area contributed by atoms with Crippen molar-refractivity contribution < 1.29 is 14.7 Å². The molecular formula is C11H10ClN3O3. The molecule has 0 saturated heterocycles. The Bertz CT molecular complexity index is 525. The summed E-state index contributed by atoms with van der Waals surface area (Å²) in [6, 6.07) is 4.56. The number of rotatable bonds is 3. The molecule has 1 aromatic carbocycles. The smallest absolute Gasteiger partial charge is 0.325 e. The van der Waals surface area contributed by atoms with E-state index in [1.54, 1.807) is 0 Å². The highest BCUT2D eigenvalue weighted by Crippen LogP contribution is 2.22. The summed E-state index contributed by atoms with van der Waals surface area (Å²) in [7, 11) is 0. The molecule has 0 unspecified atom stereocenters. The lowest BCUT2D eigenvalue weighted by Crippen LogP contribution is -2.40. The quantitative estimate of drug-likeness (QED) is 0.777. The highest BCUT2D eigenvalue weighted by atomic mass is 35.5. The number of amides is 2. The van der Waals surface area contributed by atoms with Gasteiger partial charge in [-0.25, -0.2) is 4.79 Å². The summed E-state index contributed by atoms with van der Waals surface area (Å²) < 4.78 is 0. The molecule has 1 rings (SSSR count). The summed E-state index contributed by atoms with van der Waals surface area (Å²) in [6.45, 7) is 1.34. The molecule has 0 saturated carbocycles. The number of carbonyl (C=O) groups excluding carboxylic acids is 1. The highest BCUT2D eigenvalue weighted by molar-refractivity contribution is 6.33. The first-order valence-electron chi connectivity index (χ1n) is 4.94. The zero-order chi connectivity index (χ0) is 13.7. The molecule has 0 aliphatic heterocycles. The van der Waals surface area contributed by atoms with Crippen molar-refractivity contribution in [2.45, 2.75) is 13.0 Å². The van der Waals surface area contributed by atoms with E-state index in [1.807, 2.05) is 6.07 Å². The number of benzene rings is 1. The van der Waals surface area contributed by atoms with Crippen molar-refractivity contribution in [2.75, 3.05) is 5.32 Å². The van der Waals surface area contributed by atoms with Gasteiger partial charge in [-0.15, -0.1) is 0 Å². The van der Waals surface area contributed by atoms with Crippen molar-refractivity contribution in [3.8, 4) is 6.07 Å². The van der Waals surface area contributed by atoms with Gasteiger partial charge >= 0.3 is 12.0 Å². The molecule has 6 nitrogen and oxygen atoms in total. The number of nitrogens with zero attached hydrogens (tertiary/aromatic N) is 1. The summed E-state index contributed by atoms with van der Waals surface area (Å²) in [5.41, 5.74) is 0.663. The zero-order valence-electron chi connectivity index (χ0n) is 9.40. The number of hydrogen-bond donors (Lipinski definition) is 3. The first-order valence-corrected chi connectivity index (χ1v) is 5.32. The fourth-order valence-electron chi connectivity index (χ4n) is 1.10. The molecule has 0 radical (unpaired) electrons. The van der Waals surface area contributed by atoms with Gasteiger partial charge in [0.2, 0.25) is 0 Å². The number of urea groups is 1. The number of nitriles is 1. The third-order valence-corrected chi connectivity index (χ3v) is 2.38. The molecule has 7 heteroatoms. The van der Waals surface area contributed by atoms with Gasteiger partial charge in [0.15, 0.2) is 0 Å². The van der Waals surface area contributed by atoms with Crippen molar-refractivity contribution in [3.63, 3.8) is 0 Å². The number of aliphatic carboxylic acids is 1. The molecule has 3 N–H and O–H groups in total. The van der Waals surface area contributed by atoms with Crippen molar-refractivity contribution in [2.24, 2.45) is 0 Å². The first kappa shape index (κ1) is 13.8. The minimum atomic E-state index is -1.14. The SMILES string of the molecule is C[C@@H](NC(=O)Nc1ccc(C#N)cc1Cl)C(=O)O. The normalized spacial score (nSPS) is 11.2. The van der Waals surface area contributed by atoms with Crippen LogP contribution in [0.25, 0.3) is 0 Å². The van der Waals surface area contributed by atoms with E-state index in [0.717, 1.165) is 0 Å². The lowest BCUT2D eigenvalue weighted by molar-refractivity contribution is -0.138. The lowest BCUT2D eigenvalue weighted by Gasteiger charge is -2.11. The van der Waals surface area contributed by atoms with E-state index in [4.69, 9.17) is 22.0 Å². The largest absolute Gasteiger partial charge is 0.480 e. The van der Waals surface area contributed by atoms with Crippen LogP contribution in [-0.4, -0.2) is 23.1 Å². The lowest BCUT2D eigenvalue weighted by atomic mass is 10.2. The van der Waals surface area contributed by atoms with Crippen molar-refractivity contribution in [1.29, 1.82) is 5.26 Å². The van der Waals surface area contributed by atoms with E-state index in [9.17, 15) is 9.59 Å². The zero-order valence-corrected chi connectivity index (χ0v) is 10.2. The van der Waals surface area contributed by atoms with Gasteiger partial charge in [-0.3, -0.25) is 4.79 Å². The molecule has 0 bridgehead atoms. The predicted molar refractivity (Wildman–Crippen MR) is 65.4 cm³/mol. The average Bonchev–Trinajstić information content (AvgIpc) is 2.31. The summed E-state index contributed by atoms with van der Waals surface area (Å²) >= 11 is 5.84. The molecule has 18 heavy (non-hydrogen) atoms. The average molecular weight is 268 g/mol. The Hall–Kier alpha value is -2.26. The molecular weight excluding hydrogens is 258 g/mol. The fraction of sp³-hybridized carbons (Fsp3) is 0.182. The van der Waals surface area contributed by atoms with Crippen molar-refractivity contribution in [3.05, 3.63) is 28.8 Å². The van der Waals surface area contributed by atoms with Crippen LogP contribution in [0.3, 0.4) is 0 Å². The predicted octanol–water partition coefficient (Wildman–Crippen LogP) is 1.81. The number of nitrogens with one attached hydrogen (secondary N) is 2. The van der Waals surface area contributed by atoms with Crippen LogP contribution in [0.1, 0.15) is 12.5 Å². The molecule has 94 valence electrons. The second-order valence-electron chi connectivity index (χ2n) is 3.46. The molecule has 0 heterocycles. The van der Waals surface area contributed by atoms with Crippen LogP contribution in [0.15, 0.2) is 18.2 Å². The van der Waals surface area contributed by atoms with Crippen LogP contribution >= 0.6 is 11.6 Å². The molecule has 0 aliphatic carbocycles. The van der Waals surface area contributed by atoms with E-state index >= 15 is 0 Å². The van der Waals surface area contributed by atoms with E-state index in [0.29, 0.717) is 11.3 Å². The van der Waals surface area contributed by atoms with Gasteiger partial charge in [0.1, 0.15) is 6.04 Å².